The van der Waals surface area contributed by atoms with Crippen molar-refractivity contribution in [2.45, 2.75) is 25.1 Å². The van der Waals surface area contributed by atoms with Gasteiger partial charge in [-0.1, -0.05) is 12.1 Å². The molecule has 2 heterocycles. The Balaban J connectivity index is 1.73. The number of rotatable bonds is 4. The first-order valence-corrected chi connectivity index (χ1v) is 7.89. The van der Waals surface area contributed by atoms with Crippen LogP contribution in [0.2, 0.25) is 0 Å². The molecule has 2 aliphatic heterocycles. The highest BCUT2D eigenvalue weighted by Gasteiger charge is 2.39. The van der Waals surface area contributed by atoms with Crippen molar-refractivity contribution in [1.82, 2.24) is 16.0 Å². The molecule has 2 fully saturated rings. The molecule has 5 N–H and O–H groups in total. The lowest BCUT2D eigenvalue weighted by Crippen LogP contribution is -2.58. The van der Waals surface area contributed by atoms with Gasteiger partial charge in [-0.05, 0) is 30.5 Å². The van der Waals surface area contributed by atoms with Crippen LogP contribution in [0.3, 0.4) is 0 Å². The number of nitrogens with one attached hydrogen (secondary N) is 3. The monoisotopic (exact) mass is 332 g/mol. The molecule has 0 unspecified atom stereocenters. The Labute approximate surface area is 139 Å². The molecule has 0 aromatic heterocycles. The number of fused-ring (bicyclic) bond motifs is 1. The van der Waals surface area contributed by atoms with Crippen LogP contribution in [0.15, 0.2) is 24.3 Å². The minimum Gasteiger partial charge on any atom is -0.368 e. The highest BCUT2D eigenvalue weighted by molar-refractivity contribution is 5.96. The van der Waals surface area contributed by atoms with Gasteiger partial charge in [0.25, 0.3) is 5.91 Å². The number of primary amides is 1. The molecule has 4 amide bonds. The Bertz CT molecular complexity index is 646. The quantitative estimate of drug-likeness (QED) is 0.620. The summed E-state index contributed by atoms with van der Waals surface area (Å²) in [5, 5.41) is 8.16. The van der Waals surface area contributed by atoms with E-state index in [9.17, 15) is 14.4 Å². The fraction of sp³-hybridized carbons (Fsp3) is 0.438. The Kier molecular flexibility index (Phi) is 4.66. The van der Waals surface area contributed by atoms with Crippen molar-refractivity contribution in [2.75, 3.05) is 13.2 Å². The van der Waals surface area contributed by atoms with E-state index in [0.717, 1.165) is 18.4 Å². The van der Waals surface area contributed by atoms with Gasteiger partial charge in [-0.2, -0.15) is 0 Å². The maximum Gasteiger partial charge on any atom is 0.317 e. The van der Waals surface area contributed by atoms with Crippen LogP contribution in [0.5, 0.6) is 0 Å². The van der Waals surface area contributed by atoms with Crippen molar-refractivity contribution >= 4 is 17.8 Å². The Morgan fingerprint density at radius 2 is 2.00 bits per heavy atom. The number of ether oxygens (including phenoxy) is 1. The SMILES string of the molecule is NC(=O)CNC(=O)c1ccc([C@@H]2NC(=O)N[C@H]3OCCC[C@H]32)cc1. The smallest absolute Gasteiger partial charge is 0.317 e. The van der Waals surface area contributed by atoms with Crippen LogP contribution in [-0.2, 0) is 9.53 Å². The minimum absolute atomic E-state index is 0.144. The summed E-state index contributed by atoms with van der Waals surface area (Å²) in [5.74, 6) is -0.819. The topological polar surface area (TPSA) is 123 Å². The molecule has 0 aliphatic carbocycles. The van der Waals surface area contributed by atoms with E-state index in [2.05, 4.69) is 16.0 Å². The molecule has 8 heteroatoms. The molecule has 24 heavy (non-hydrogen) atoms. The van der Waals surface area contributed by atoms with Gasteiger partial charge >= 0.3 is 6.03 Å². The van der Waals surface area contributed by atoms with E-state index in [0.29, 0.717) is 12.2 Å². The standard InChI is InChI=1S/C16H20N4O4/c17-12(21)8-18-14(22)10-5-3-9(4-6-10)13-11-2-1-7-24-15(11)20-16(23)19-13/h3-6,11,13,15H,1-2,7-8H2,(H2,17,21)(H,18,22)(H2,19,20,23)/t11-,13-,15-/m0/s1. The fourth-order valence-corrected chi connectivity index (χ4v) is 3.16. The first-order valence-electron chi connectivity index (χ1n) is 7.89. The first-order chi connectivity index (χ1) is 11.5. The van der Waals surface area contributed by atoms with Crippen LogP contribution in [0.4, 0.5) is 4.79 Å². The van der Waals surface area contributed by atoms with E-state index in [1.807, 2.05) is 0 Å². The predicted octanol–water partition coefficient (Wildman–Crippen LogP) is 0.00830. The van der Waals surface area contributed by atoms with Crippen molar-refractivity contribution in [2.24, 2.45) is 11.7 Å². The zero-order valence-electron chi connectivity index (χ0n) is 13.1. The van der Waals surface area contributed by atoms with Crippen LogP contribution < -0.4 is 21.7 Å². The third-order valence-corrected chi connectivity index (χ3v) is 4.31. The van der Waals surface area contributed by atoms with Crippen molar-refractivity contribution in [3.63, 3.8) is 0 Å². The average molecular weight is 332 g/mol. The summed E-state index contributed by atoms with van der Waals surface area (Å²) in [6.45, 7) is 0.444. The van der Waals surface area contributed by atoms with Crippen LogP contribution >= 0.6 is 0 Å². The summed E-state index contributed by atoms with van der Waals surface area (Å²) in [5.41, 5.74) is 6.35. The van der Waals surface area contributed by atoms with Gasteiger partial charge in [-0.25, -0.2) is 4.79 Å². The lowest BCUT2D eigenvalue weighted by molar-refractivity contribution is -0.117. The molecular formula is C16H20N4O4. The largest absolute Gasteiger partial charge is 0.368 e. The molecule has 0 radical (unpaired) electrons. The van der Waals surface area contributed by atoms with E-state index in [1.165, 1.54) is 0 Å². The number of carbonyl (C=O) groups is 3. The van der Waals surface area contributed by atoms with E-state index in [1.54, 1.807) is 24.3 Å². The zero-order chi connectivity index (χ0) is 17.1. The second-order valence-corrected chi connectivity index (χ2v) is 5.96. The number of urea groups is 1. The molecule has 8 nitrogen and oxygen atoms in total. The number of hydrogen-bond acceptors (Lipinski definition) is 4. The van der Waals surface area contributed by atoms with Gasteiger partial charge < -0.3 is 26.4 Å². The van der Waals surface area contributed by atoms with E-state index in [4.69, 9.17) is 10.5 Å². The van der Waals surface area contributed by atoms with Crippen molar-refractivity contribution < 1.29 is 19.1 Å². The van der Waals surface area contributed by atoms with E-state index in [-0.39, 0.29) is 36.7 Å². The van der Waals surface area contributed by atoms with Gasteiger partial charge in [0.1, 0.15) is 6.23 Å². The molecule has 1 aromatic carbocycles. The van der Waals surface area contributed by atoms with Crippen LogP contribution in [0, 0.1) is 5.92 Å². The van der Waals surface area contributed by atoms with E-state index >= 15 is 0 Å². The number of hydrogen-bond donors (Lipinski definition) is 4. The third kappa shape index (κ3) is 3.48. The van der Waals surface area contributed by atoms with Gasteiger partial charge in [-0.15, -0.1) is 0 Å². The summed E-state index contributed by atoms with van der Waals surface area (Å²) in [6.07, 6.45) is 1.61. The Hall–Kier alpha value is -2.61. The van der Waals surface area contributed by atoms with Gasteiger partial charge in [0, 0.05) is 18.1 Å². The highest BCUT2D eigenvalue weighted by atomic mass is 16.5. The number of benzene rings is 1. The normalized spacial score (nSPS) is 25.8. The van der Waals surface area contributed by atoms with Crippen molar-refractivity contribution in [1.29, 1.82) is 0 Å². The van der Waals surface area contributed by atoms with Crippen molar-refractivity contribution in [3.05, 3.63) is 35.4 Å². The number of nitrogens with two attached hydrogens (primary N) is 1. The number of amides is 4. The summed E-state index contributed by atoms with van der Waals surface area (Å²) in [6, 6.07) is 6.53. The van der Waals surface area contributed by atoms with E-state index < -0.39 is 5.91 Å². The maximum atomic E-state index is 11.9. The predicted molar refractivity (Wildman–Crippen MR) is 84.8 cm³/mol. The Morgan fingerprint density at radius 3 is 2.71 bits per heavy atom. The van der Waals surface area contributed by atoms with Gasteiger partial charge in [-0.3, -0.25) is 9.59 Å². The Morgan fingerprint density at radius 1 is 1.25 bits per heavy atom. The summed E-state index contributed by atoms with van der Waals surface area (Å²) in [4.78, 5) is 34.4. The molecule has 3 atom stereocenters. The van der Waals surface area contributed by atoms with Crippen LogP contribution in [0.25, 0.3) is 0 Å². The van der Waals surface area contributed by atoms with Crippen molar-refractivity contribution in [3.8, 4) is 0 Å². The van der Waals surface area contributed by atoms with Crippen LogP contribution in [-0.4, -0.2) is 37.2 Å². The molecule has 2 saturated heterocycles. The molecular weight excluding hydrogens is 312 g/mol. The third-order valence-electron chi connectivity index (χ3n) is 4.31. The summed E-state index contributed by atoms with van der Waals surface area (Å²) in [7, 11) is 0. The molecule has 3 rings (SSSR count). The lowest BCUT2D eigenvalue weighted by atomic mass is 9.85. The summed E-state index contributed by atoms with van der Waals surface area (Å²) >= 11 is 0. The lowest BCUT2D eigenvalue weighted by Gasteiger charge is -2.41. The minimum atomic E-state index is -0.597. The molecule has 0 spiro atoms. The first kappa shape index (κ1) is 16.3. The maximum absolute atomic E-state index is 11.9. The molecule has 128 valence electrons. The number of carbonyl (C=O) groups excluding carboxylic acids is 3. The molecule has 0 bridgehead atoms. The fourth-order valence-electron chi connectivity index (χ4n) is 3.16. The average Bonchev–Trinajstić information content (AvgIpc) is 2.59. The van der Waals surface area contributed by atoms with Gasteiger partial charge in [0.05, 0.1) is 12.6 Å². The molecule has 0 saturated carbocycles. The highest BCUT2D eigenvalue weighted by Crippen LogP contribution is 2.34. The van der Waals surface area contributed by atoms with Gasteiger partial charge in [0.2, 0.25) is 5.91 Å². The molecule has 2 aliphatic rings. The van der Waals surface area contributed by atoms with Gasteiger partial charge in [0.15, 0.2) is 0 Å². The second-order valence-electron chi connectivity index (χ2n) is 5.96. The second kappa shape index (κ2) is 6.88. The van der Waals surface area contributed by atoms with Crippen LogP contribution in [0.1, 0.15) is 34.8 Å². The molecule has 1 aromatic rings. The zero-order valence-corrected chi connectivity index (χ0v) is 13.1. The summed E-state index contributed by atoms with van der Waals surface area (Å²) < 4.78 is 5.64.